The molecule has 2 nitrogen and oxygen atoms in total. The summed E-state index contributed by atoms with van der Waals surface area (Å²) in [5.41, 5.74) is 1.47. The molecule has 100 valence electrons. The number of likely N-dealkylation sites (tertiary alicyclic amines) is 1. The smallest absolute Gasteiger partial charge is 0.0114 e. The third-order valence-electron chi connectivity index (χ3n) is 4.14. The van der Waals surface area contributed by atoms with Crippen LogP contribution in [-0.2, 0) is 6.42 Å². The summed E-state index contributed by atoms with van der Waals surface area (Å²) in [7, 11) is 2.09. The quantitative estimate of drug-likeness (QED) is 0.859. The van der Waals surface area contributed by atoms with Gasteiger partial charge in [-0.3, -0.25) is 0 Å². The molecular weight excluding hydrogens is 220 g/mol. The average molecular weight is 246 g/mol. The van der Waals surface area contributed by atoms with Crippen molar-refractivity contribution in [3.8, 4) is 0 Å². The van der Waals surface area contributed by atoms with Gasteiger partial charge in [0.05, 0.1) is 0 Å². The zero-order chi connectivity index (χ0) is 12.8. The molecule has 0 radical (unpaired) electrons. The highest BCUT2D eigenvalue weighted by molar-refractivity contribution is 5.14. The van der Waals surface area contributed by atoms with Crippen molar-refractivity contribution in [2.75, 3.05) is 26.7 Å². The minimum atomic E-state index is 0.718. The molecule has 1 aromatic carbocycles. The highest BCUT2D eigenvalue weighted by Crippen LogP contribution is 2.17. The second-order valence-corrected chi connectivity index (χ2v) is 5.55. The van der Waals surface area contributed by atoms with Gasteiger partial charge in [-0.25, -0.2) is 0 Å². The largest absolute Gasteiger partial charge is 0.317 e. The normalized spacial score (nSPS) is 25.2. The molecule has 2 heteroatoms. The first-order chi connectivity index (χ1) is 8.79. The Morgan fingerprint density at radius 1 is 1.28 bits per heavy atom. The molecule has 0 aliphatic carbocycles. The van der Waals surface area contributed by atoms with Gasteiger partial charge in [-0.1, -0.05) is 37.3 Å². The van der Waals surface area contributed by atoms with Crippen LogP contribution in [0.1, 0.15) is 25.3 Å². The lowest BCUT2D eigenvalue weighted by molar-refractivity contribution is 0.150. The Morgan fingerprint density at radius 3 is 2.72 bits per heavy atom. The van der Waals surface area contributed by atoms with Crippen LogP contribution in [0.15, 0.2) is 30.3 Å². The van der Waals surface area contributed by atoms with Gasteiger partial charge in [-0.2, -0.15) is 0 Å². The Kier molecular flexibility index (Phi) is 5.21. The van der Waals surface area contributed by atoms with Crippen molar-refractivity contribution in [2.45, 2.75) is 32.2 Å². The SMILES string of the molecule is CNC1CCN(CCCc2ccccc2)CC1C. The summed E-state index contributed by atoms with van der Waals surface area (Å²) in [5, 5.41) is 3.43. The van der Waals surface area contributed by atoms with Crippen LogP contribution in [0.2, 0.25) is 0 Å². The van der Waals surface area contributed by atoms with Gasteiger partial charge in [0.25, 0.3) is 0 Å². The van der Waals surface area contributed by atoms with E-state index < -0.39 is 0 Å². The number of piperidine rings is 1. The van der Waals surface area contributed by atoms with E-state index in [1.54, 1.807) is 0 Å². The lowest BCUT2D eigenvalue weighted by atomic mass is 9.94. The van der Waals surface area contributed by atoms with Crippen LogP contribution in [0.4, 0.5) is 0 Å². The Labute approximate surface area is 111 Å². The van der Waals surface area contributed by atoms with Gasteiger partial charge < -0.3 is 10.2 Å². The van der Waals surface area contributed by atoms with E-state index in [1.807, 2.05) is 0 Å². The van der Waals surface area contributed by atoms with Crippen molar-refractivity contribution < 1.29 is 0 Å². The molecule has 1 fully saturated rings. The molecule has 18 heavy (non-hydrogen) atoms. The van der Waals surface area contributed by atoms with Gasteiger partial charge in [-0.15, -0.1) is 0 Å². The standard InChI is InChI=1S/C16H26N2/c1-14-13-18(12-10-16(14)17-2)11-6-9-15-7-4-3-5-8-15/h3-5,7-8,14,16-17H,6,9-13H2,1-2H3. The van der Waals surface area contributed by atoms with Crippen LogP contribution in [0, 0.1) is 5.92 Å². The molecule has 1 aromatic rings. The summed E-state index contributed by atoms with van der Waals surface area (Å²) in [6, 6.07) is 11.5. The first-order valence-electron chi connectivity index (χ1n) is 7.23. The van der Waals surface area contributed by atoms with E-state index in [9.17, 15) is 0 Å². The van der Waals surface area contributed by atoms with E-state index in [4.69, 9.17) is 0 Å². The van der Waals surface area contributed by atoms with Crippen LogP contribution in [0.3, 0.4) is 0 Å². The maximum Gasteiger partial charge on any atom is 0.0114 e. The monoisotopic (exact) mass is 246 g/mol. The number of nitrogens with zero attached hydrogens (tertiary/aromatic N) is 1. The van der Waals surface area contributed by atoms with Crippen LogP contribution in [0.25, 0.3) is 0 Å². The zero-order valence-corrected chi connectivity index (χ0v) is 11.7. The fourth-order valence-corrected chi connectivity index (χ4v) is 3.02. The Morgan fingerprint density at radius 2 is 2.06 bits per heavy atom. The van der Waals surface area contributed by atoms with Crippen molar-refractivity contribution in [2.24, 2.45) is 5.92 Å². The molecule has 2 unspecified atom stereocenters. The first kappa shape index (κ1) is 13.6. The summed E-state index contributed by atoms with van der Waals surface area (Å²) in [6.45, 7) is 6.12. The number of aryl methyl sites for hydroxylation is 1. The molecule has 0 spiro atoms. The van der Waals surface area contributed by atoms with E-state index >= 15 is 0 Å². The van der Waals surface area contributed by atoms with Crippen molar-refractivity contribution in [1.29, 1.82) is 0 Å². The predicted octanol–water partition coefficient (Wildman–Crippen LogP) is 2.55. The molecule has 0 aromatic heterocycles. The molecule has 1 heterocycles. The second kappa shape index (κ2) is 6.91. The molecular formula is C16H26N2. The van der Waals surface area contributed by atoms with E-state index in [2.05, 4.69) is 54.5 Å². The molecule has 0 saturated carbocycles. The summed E-state index contributed by atoms with van der Waals surface area (Å²) >= 11 is 0. The Hall–Kier alpha value is -0.860. The first-order valence-corrected chi connectivity index (χ1v) is 7.23. The predicted molar refractivity (Wildman–Crippen MR) is 77.8 cm³/mol. The van der Waals surface area contributed by atoms with Gasteiger partial charge >= 0.3 is 0 Å². The van der Waals surface area contributed by atoms with Crippen LogP contribution in [0.5, 0.6) is 0 Å². The summed E-state index contributed by atoms with van der Waals surface area (Å²) in [4.78, 5) is 2.63. The number of nitrogens with one attached hydrogen (secondary N) is 1. The van der Waals surface area contributed by atoms with Crippen molar-refractivity contribution >= 4 is 0 Å². The highest BCUT2D eigenvalue weighted by atomic mass is 15.1. The number of hydrogen-bond donors (Lipinski definition) is 1. The van der Waals surface area contributed by atoms with E-state index in [-0.39, 0.29) is 0 Å². The number of hydrogen-bond acceptors (Lipinski definition) is 2. The molecule has 1 aliphatic rings. The number of benzene rings is 1. The summed E-state index contributed by atoms with van der Waals surface area (Å²) in [5.74, 6) is 0.778. The fraction of sp³-hybridized carbons (Fsp3) is 0.625. The molecule has 0 bridgehead atoms. The van der Waals surface area contributed by atoms with Crippen molar-refractivity contribution in [1.82, 2.24) is 10.2 Å². The molecule has 2 atom stereocenters. The Balaban J connectivity index is 1.69. The van der Waals surface area contributed by atoms with E-state index in [0.717, 1.165) is 12.0 Å². The topological polar surface area (TPSA) is 15.3 Å². The summed E-state index contributed by atoms with van der Waals surface area (Å²) < 4.78 is 0. The molecule has 1 saturated heterocycles. The second-order valence-electron chi connectivity index (χ2n) is 5.55. The maximum absolute atomic E-state index is 3.43. The van der Waals surface area contributed by atoms with Crippen molar-refractivity contribution in [3.63, 3.8) is 0 Å². The lowest BCUT2D eigenvalue weighted by Gasteiger charge is -2.36. The molecule has 2 rings (SSSR count). The van der Waals surface area contributed by atoms with Gasteiger partial charge in [-0.05, 0) is 50.9 Å². The van der Waals surface area contributed by atoms with Gasteiger partial charge in [0, 0.05) is 12.6 Å². The van der Waals surface area contributed by atoms with Gasteiger partial charge in [0.15, 0.2) is 0 Å². The summed E-state index contributed by atoms with van der Waals surface area (Å²) in [6.07, 6.45) is 3.78. The minimum Gasteiger partial charge on any atom is -0.317 e. The molecule has 1 N–H and O–H groups in total. The lowest BCUT2D eigenvalue weighted by Crippen LogP contribution is -2.47. The van der Waals surface area contributed by atoms with Gasteiger partial charge in [0.2, 0.25) is 0 Å². The maximum atomic E-state index is 3.43. The molecule has 0 amide bonds. The zero-order valence-electron chi connectivity index (χ0n) is 11.7. The van der Waals surface area contributed by atoms with Gasteiger partial charge in [0.1, 0.15) is 0 Å². The average Bonchev–Trinajstić information content (AvgIpc) is 2.40. The van der Waals surface area contributed by atoms with Crippen LogP contribution >= 0.6 is 0 Å². The minimum absolute atomic E-state index is 0.718. The Bertz CT molecular complexity index is 336. The fourth-order valence-electron chi connectivity index (χ4n) is 3.02. The van der Waals surface area contributed by atoms with Crippen LogP contribution < -0.4 is 5.32 Å². The van der Waals surface area contributed by atoms with Crippen LogP contribution in [-0.4, -0.2) is 37.6 Å². The van der Waals surface area contributed by atoms with E-state index in [1.165, 1.54) is 44.5 Å². The highest BCUT2D eigenvalue weighted by Gasteiger charge is 2.23. The van der Waals surface area contributed by atoms with Crippen molar-refractivity contribution in [3.05, 3.63) is 35.9 Å². The third-order valence-corrected chi connectivity index (χ3v) is 4.14. The third kappa shape index (κ3) is 3.82. The molecule has 1 aliphatic heterocycles. The van der Waals surface area contributed by atoms with E-state index in [0.29, 0.717) is 0 Å². The number of rotatable bonds is 5.